The van der Waals surface area contributed by atoms with Crippen LogP contribution in [0.5, 0.6) is 0 Å². The quantitative estimate of drug-likeness (QED) is 0.776. The molecule has 0 aromatic carbocycles. The zero-order valence-corrected chi connectivity index (χ0v) is 12.0. The first-order valence-corrected chi connectivity index (χ1v) is 7.71. The van der Waals surface area contributed by atoms with Gasteiger partial charge in [-0.05, 0) is 20.8 Å². The predicted octanol–water partition coefficient (Wildman–Crippen LogP) is 0.414. The minimum Gasteiger partial charge on any atom is -0.407 e. The van der Waals surface area contributed by atoms with Crippen molar-refractivity contribution in [2.24, 2.45) is 0 Å². The average molecular weight is 276 g/mol. The molecule has 0 atom stereocenters. The number of sulfone groups is 1. The van der Waals surface area contributed by atoms with Crippen molar-refractivity contribution in [2.45, 2.75) is 32.9 Å². The fourth-order valence-corrected chi connectivity index (χ4v) is 1.55. The number of rotatable bonds is 6. The molecule has 18 heavy (non-hydrogen) atoms. The summed E-state index contributed by atoms with van der Waals surface area (Å²) in [6, 6.07) is 0.240. The Balaban J connectivity index is 2.39. The van der Waals surface area contributed by atoms with Gasteiger partial charge in [0.25, 0.3) is 0 Å². The summed E-state index contributed by atoms with van der Waals surface area (Å²) in [7, 11) is -2.98. The van der Waals surface area contributed by atoms with Gasteiger partial charge >= 0.3 is 6.01 Å². The number of hydrogen-bond acceptors (Lipinski definition) is 7. The third-order valence-corrected chi connectivity index (χ3v) is 2.93. The van der Waals surface area contributed by atoms with Gasteiger partial charge in [-0.1, -0.05) is 5.10 Å². The van der Waals surface area contributed by atoms with Crippen LogP contribution in [-0.4, -0.2) is 42.7 Å². The van der Waals surface area contributed by atoms with Crippen LogP contribution in [0.25, 0.3) is 0 Å². The van der Waals surface area contributed by atoms with E-state index in [9.17, 15) is 8.42 Å². The second-order valence-corrected chi connectivity index (χ2v) is 7.42. The molecule has 0 unspecified atom stereocenters. The molecule has 2 N–H and O–H groups in total. The van der Waals surface area contributed by atoms with Crippen LogP contribution in [0.3, 0.4) is 0 Å². The summed E-state index contributed by atoms with van der Waals surface area (Å²) in [6.45, 7) is 6.84. The molecule has 0 saturated heterocycles. The van der Waals surface area contributed by atoms with Crippen LogP contribution in [0.15, 0.2) is 4.42 Å². The van der Waals surface area contributed by atoms with Gasteiger partial charge in [-0.2, -0.15) is 0 Å². The molecule has 104 valence electrons. The first kappa shape index (κ1) is 14.9. The van der Waals surface area contributed by atoms with Crippen molar-refractivity contribution < 1.29 is 12.8 Å². The van der Waals surface area contributed by atoms with Gasteiger partial charge in [0, 0.05) is 18.3 Å². The Bertz CT molecular complexity index is 476. The molecule has 1 aromatic rings. The van der Waals surface area contributed by atoms with Crippen molar-refractivity contribution in [1.82, 2.24) is 15.5 Å². The SMILES string of the molecule is CC(C)(C)NCc1nnc(NCCS(C)(=O)=O)o1. The van der Waals surface area contributed by atoms with Crippen LogP contribution in [-0.2, 0) is 16.4 Å². The van der Waals surface area contributed by atoms with Crippen LogP contribution < -0.4 is 10.6 Å². The molecule has 0 radical (unpaired) electrons. The number of aromatic nitrogens is 2. The largest absolute Gasteiger partial charge is 0.407 e. The zero-order valence-electron chi connectivity index (χ0n) is 11.1. The van der Waals surface area contributed by atoms with E-state index < -0.39 is 9.84 Å². The monoisotopic (exact) mass is 276 g/mol. The van der Waals surface area contributed by atoms with E-state index in [4.69, 9.17) is 4.42 Å². The van der Waals surface area contributed by atoms with Crippen molar-refractivity contribution in [3.63, 3.8) is 0 Å². The second kappa shape index (κ2) is 5.66. The topological polar surface area (TPSA) is 97.1 Å². The smallest absolute Gasteiger partial charge is 0.315 e. The highest BCUT2D eigenvalue weighted by Crippen LogP contribution is 2.07. The summed E-state index contributed by atoms with van der Waals surface area (Å²) in [6.07, 6.45) is 1.18. The van der Waals surface area contributed by atoms with E-state index in [0.717, 1.165) is 0 Å². The number of anilines is 1. The molecule has 0 fully saturated rings. The summed E-state index contributed by atoms with van der Waals surface area (Å²) >= 11 is 0. The van der Waals surface area contributed by atoms with Gasteiger partial charge < -0.3 is 15.1 Å². The molecule has 0 aliphatic rings. The Kier molecular flexibility index (Phi) is 4.69. The summed E-state index contributed by atoms with van der Waals surface area (Å²) in [5.41, 5.74) is -0.0294. The molecule has 0 saturated carbocycles. The lowest BCUT2D eigenvalue weighted by Gasteiger charge is -2.18. The van der Waals surface area contributed by atoms with E-state index in [1.807, 2.05) is 20.8 Å². The Hall–Kier alpha value is -1.15. The maximum atomic E-state index is 10.9. The number of nitrogens with one attached hydrogen (secondary N) is 2. The summed E-state index contributed by atoms with van der Waals surface area (Å²) < 4.78 is 27.1. The third kappa shape index (κ3) is 6.55. The Morgan fingerprint density at radius 1 is 1.28 bits per heavy atom. The van der Waals surface area contributed by atoms with Crippen LogP contribution in [0, 0.1) is 0 Å². The molecule has 0 bridgehead atoms. The molecule has 0 spiro atoms. The van der Waals surface area contributed by atoms with Crippen molar-refractivity contribution in [1.29, 1.82) is 0 Å². The normalized spacial score (nSPS) is 12.7. The van der Waals surface area contributed by atoms with Gasteiger partial charge in [-0.3, -0.25) is 0 Å². The molecule has 0 aliphatic heterocycles. The van der Waals surface area contributed by atoms with E-state index in [1.54, 1.807) is 0 Å². The van der Waals surface area contributed by atoms with Gasteiger partial charge in [-0.15, -0.1) is 5.10 Å². The lowest BCUT2D eigenvalue weighted by molar-refractivity contribution is 0.384. The summed E-state index contributed by atoms with van der Waals surface area (Å²) in [4.78, 5) is 0. The number of nitrogens with zero attached hydrogens (tertiary/aromatic N) is 2. The van der Waals surface area contributed by atoms with Crippen LogP contribution in [0.4, 0.5) is 6.01 Å². The van der Waals surface area contributed by atoms with Crippen molar-refractivity contribution in [3.8, 4) is 0 Å². The lowest BCUT2D eigenvalue weighted by atomic mass is 10.1. The number of hydrogen-bond donors (Lipinski definition) is 2. The molecular weight excluding hydrogens is 256 g/mol. The molecule has 0 amide bonds. The fourth-order valence-electron chi connectivity index (χ4n) is 1.08. The molecule has 8 heteroatoms. The third-order valence-electron chi connectivity index (χ3n) is 1.99. The highest BCUT2D eigenvalue weighted by Gasteiger charge is 2.12. The first-order chi connectivity index (χ1) is 8.16. The van der Waals surface area contributed by atoms with Gasteiger partial charge in [-0.25, -0.2) is 8.42 Å². The van der Waals surface area contributed by atoms with E-state index in [2.05, 4.69) is 20.8 Å². The van der Waals surface area contributed by atoms with Crippen molar-refractivity contribution in [2.75, 3.05) is 23.9 Å². The fraction of sp³-hybridized carbons (Fsp3) is 0.800. The highest BCUT2D eigenvalue weighted by molar-refractivity contribution is 7.90. The lowest BCUT2D eigenvalue weighted by Crippen LogP contribution is -2.35. The maximum Gasteiger partial charge on any atom is 0.315 e. The molecule has 7 nitrogen and oxygen atoms in total. The highest BCUT2D eigenvalue weighted by atomic mass is 32.2. The molecule has 1 aromatic heterocycles. The Morgan fingerprint density at radius 3 is 2.50 bits per heavy atom. The Labute approximate surface area is 107 Å². The van der Waals surface area contributed by atoms with Crippen molar-refractivity contribution in [3.05, 3.63) is 5.89 Å². The average Bonchev–Trinajstić information content (AvgIpc) is 2.60. The van der Waals surface area contributed by atoms with Gasteiger partial charge in [0.1, 0.15) is 9.84 Å². The minimum atomic E-state index is -2.98. The van der Waals surface area contributed by atoms with Crippen LogP contribution >= 0.6 is 0 Å². The predicted molar refractivity (Wildman–Crippen MR) is 69.1 cm³/mol. The Morgan fingerprint density at radius 2 is 1.94 bits per heavy atom. The zero-order chi connectivity index (χ0) is 13.8. The molecule has 0 aliphatic carbocycles. The van der Waals surface area contributed by atoms with E-state index in [0.29, 0.717) is 12.4 Å². The van der Waals surface area contributed by atoms with Crippen LogP contribution in [0.2, 0.25) is 0 Å². The first-order valence-electron chi connectivity index (χ1n) is 5.65. The molecule has 1 heterocycles. The summed E-state index contributed by atoms with van der Waals surface area (Å²) in [5.74, 6) is 0.497. The van der Waals surface area contributed by atoms with E-state index in [1.165, 1.54) is 6.26 Å². The molecular formula is C10H20N4O3S. The van der Waals surface area contributed by atoms with E-state index >= 15 is 0 Å². The van der Waals surface area contributed by atoms with Crippen molar-refractivity contribution >= 4 is 15.9 Å². The minimum absolute atomic E-state index is 0.0294. The van der Waals surface area contributed by atoms with Gasteiger partial charge in [0.05, 0.1) is 12.3 Å². The van der Waals surface area contributed by atoms with Gasteiger partial charge in [0.15, 0.2) is 0 Å². The van der Waals surface area contributed by atoms with E-state index in [-0.39, 0.29) is 23.9 Å². The maximum absolute atomic E-state index is 10.9. The standard InChI is InChI=1S/C10H20N4O3S/c1-10(2,3)12-7-8-13-14-9(17-8)11-5-6-18(4,15)16/h12H,5-7H2,1-4H3,(H,11,14). The summed E-state index contributed by atoms with van der Waals surface area (Å²) in [5, 5.41) is 13.6. The van der Waals surface area contributed by atoms with Gasteiger partial charge in [0.2, 0.25) is 5.89 Å². The second-order valence-electron chi connectivity index (χ2n) is 5.16. The van der Waals surface area contributed by atoms with Crippen LogP contribution in [0.1, 0.15) is 26.7 Å². The molecule has 1 rings (SSSR count).